The fourth-order valence-electron chi connectivity index (χ4n) is 2.29. The molecule has 0 saturated heterocycles. The third-order valence-corrected chi connectivity index (χ3v) is 3.21. The second kappa shape index (κ2) is 5.19. The Morgan fingerprint density at radius 3 is 1.75 bits per heavy atom. The smallest absolute Gasteiger partial charge is 0.416 e. The van der Waals surface area contributed by atoms with Crippen molar-refractivity contribution in [1.29, 1.82) is 0 Å². The molecule has 0 saturated carbocycles. The van der Waals surface area contributed by atoms with Crippen molar-refractivity contribution in [2.45, 2.75) is 20.0 Å². The molecule has 0 aliphatic heterocycles. The predicted molar refractivity (Wildman–Crippen MR) is 72.9 cm³/mol. The summed E-state index contributed by atoms with van der Waals surface area (Å²) < 4.78 is 42.9. The quantitative estimate of drug-likeness (QED) is 0.752. The highest BCUT2D eigenvalue weighted by Gasteiger charge is 2.29. The van der Waals surface area contributed by atoms with Crippen LogP contribution in [0.15, 0.2) is 36.4 Å². The molecule has 0 bridgehead atoms. The van der Waals surface area contributed by atoms with Gasteiger partial charge in [0.2, 0.25) is 0 Å². The first-order chi connectivity index (χ1) is 9.32. The number of rotatable bonds is 2. The fourth-order valence-corrected chi connectivity index (χ4v) is 2.29. The van der Waals surface area contributed by atoms with Crippen molar-refractivity contribution in [1.82, 2.24) is 0 Å². The number of aryl methyl sites for hydroxylation is 2. The van der Waals surface area contributed by atoms with Crippen LogP contribution in [0.2, 0.25) is 0 Å². The van der Waals surface area contributed by atoms with Crippen molar-refractivity contribution in [2.24, 2.45) is 0 Å². The van der Waals surface area contributed by atoms with Crippen LogP contribution in [0, 0.1) is 13.8 Å². The van der Waals surface area contributed by atoms with Crippen LogP contribution in [-0.4, -0.2) is 7.11 Å². The van der Waals surface area contributed by atoms with Crippen LogP contribution in [-0.2, 0) is 6.18 Å². The van der Waals surface area contributed by atoms with Crippen LogP contribution in [0.1, 0.15) is 16.7 Å². The Morgan fingerprint density at radius 2 is 1.35 bits per heavy atom. The average molecular weight is 280 g/mol. The maximum absolute atomic E-state index is 12.5. The Hall–Kier alpha value is -1.97. The van der Waals surface area contributed by atoms with E-state index in [1.165, 1.54) is 12.1 Å². The molecule has 0 unspecified atom stereocenters. The Labute approximate surface area is 116 Å². The normalized spacial score (nSPS) is 11.5. The minimum absolute atomic E-state index is 0.636. The third-order valence-electron chi connectivity index (χ3n) is 3.21. The van der Waals surface area contributed by atoms with Crippen LogP contribution in [0.4, 0.5) is 13.2 Å². The van der Waals surface area contributed by atoms with Gasteiger partial charge in [0.25, 0.3) is 0 Å². The summed E-state index contributed by atoms with van der Waals surface area (Å²) in [4.78, 5) is 0. The number of methoxy groups -OCH3 is 1. The molecule has 0 aliphatic carbocycles. The van der Waals surface area contributed by atoms with E-state index >= 15 is 0 Å². The van der Waals surface area contributed by atoms with Crippen molar-refractivity contribution in [3.63, 3.8) is 0 Å². The molecule has 0 atom stereocenters. The van der Waals surface area contributed by atoms with Crippen molar-refractivity contribution in [2.75, 3.05) is 7.11 Å². The van der Waals surface area contributed by atoms with E-state index in [1.54, 1.807) is 7.11 Å². The van der Waals surface area contributed by atoms with E-state index < -0.39 is 11.7 Å². The van der Waals surface area contributed by atoms with E-state index in [9.17, 15) is 13.2 Å². The highest BCUT2D eigenvalue weighted by molar-refractivity contribution is 5.67. The molecule has 4 heteroatoms. The fraction of sp³-hybridized carbons (Fsp3) is 0.250. The summed E-state index contributed by atoms with van der Waals surface area (Å²) in [5.41, 5.74) is 2.93. The summed E-state index contributed by atoms with van der Waals surface area (Å²) in [6, 6.07) is 9.00. The first-order valence-corrected chi connectivity index (χ1v) is 6.16. The maximum Gasteiger partial charge on any atom is 0.416 e. The number of hydrogen-bond acceptors (Lipinski definition) is 1. The van der Waals surface area contributed by atoms with Crippen LogP contribution in [0.5, 0.6) is 5.75 Å². The van der Waals surface area contributed by atoms with E-state index in [-0.39, 0.29) is 0 Å². The summed E-state index contributed by atoms with van der Waals surface area (Å²) in [5.74, 6) is 0.806. The van der Waals surface area contributed by atoms with Crippen molar-refractivity contribution >= 4 is 0 Å². The Kier molecular flexibility index (Phi) is 3.75. The summed E-state index contributed by atoms with van der Waals surface area (Å²) in [7, 11) is 1.60. The minimum Gasteiger partial charge on any atom is -0.496 e. The van der Waals surface area contributed by atoms with Crippen molar-refractivity contribution in [3.8, 4) is 16.9 Å². The monoisotopic (exact) mass is 280 g/mol. The molecular formula is C16H15F3O. The highest BCUT2D eigenvalue weighted by atomic mass is 19.4. The zero-order chi connectivity index (χ0) is 14.9. The highest BCUT2D eigenvalue weighted by Crippen LogP contribution is 2.33. The van der Waals surface area contributed by atoms with Gasteiger partial charge in [0.15, 0.2) is 0 Å². The molecule has 106 valence electrons. The molecule has 2 aromatic rings. The lowest BCUT2D eigenvalue weighted by atomic mass is 9.99. The van der Waals surface area contributed by atoms with Crippen molar-refractivity contribution in [3.05, 3.63) is 53.1 Å². The SMILES string of the molecule is COc1c(C)cc(-c2ccc(C(F)(F)F)cc2)cc1C. The van der Waals surface area contributed by atoms with Gasteiger partial charge in [0.05, 0.1) is 12.7 Å². The van der Waals surface area contributed by atoms with E-state index in [0.717, 1.165) is 40.1 Å². The molecule has 2 aromatic carbocycles. The molecular weight excluding hydrogens is 265 g/mol. The Bertz CT molecular complexity index is 590. The van der Waals surface area contributed by atoms with Gasteiger partial charge < -0.3 is 4.74 Å². The van der Waals surface area contributed by atoms with Gasteiger partial charge in [-0.2, -0.15) is 13.2 Å². The summed E-state index contributed by atoms with van der Waals surface area (Å²) in [5, 5.41) is 0. The molecule has 0 fully saturated rings. The molecule has 0 heterocycles. The van der Waals surface area contributed by atoms with Gasteiger partial charge in [-0.1, -0.05) is 12.1 Å². The van der Waals surface area contributed by atoms with Crippen LogP contribution < -0.4 is 4.74 Å². The minimum atomic E-state index is -4.30. The lowest BCUT2D eigenvalue weighted by Crippen LogP contribution is -2.04. The van der Waals surface area contributed by atoms with E-state index in [0.29, 0.717) is 0 Å². The predicted octanol–water partition coefficient (Wildman–Crippen LogP) is 5.00. The van der Waals surface area contributed by atoms with Crippen LogP contribution in [0.25, 0.3) is 11.1 Å². The van der Waals surface area contributed by atoms with Gasteiger partial charge >= 0.3 is 6.18 Å². The Morgan fingerprint density at radius 1 is 0.850 bits per heavy atom. The molecule has 0 radical (unpaired) electrons. The first kappa shape index (κ1) is 14.4. The first-order valence-electron chi connectivity index (χ1n) is 6.16. The van der Waals surface area contributed by atoms with Gasteiger partial charge in [0, 0.05) is 0 Å². The molecule has 0 N–H and O–H groups in total. The summed E-state index contributed by atoms with van der Waals surface area (Å²) in [6.45, 7) is 3.83. The van der Waals surface area contributed by atoms with E-state index in [2.05, 4.69) is 0 Å². The standard InChI is InChI=1S/C16H15F3O/c1-10-8-13(9-11(2)15(10)20-3)12-4-6-14(7-5-12)16(17,18)19/h4-9H,1-3H3. The number of hydrogen-bond donors (Lipinski definition) is 0. The zero-order valence-electron chi connectivity index (χ0n) is 11.5. The van der Waals surface area contributed by atoms with E-state index in [4.69, 9.17) is 4.74 Å². The van der Waals surface area contributed by atoms with Crippen molar-refractivity contribution < 1.29 is 17.9 Å². The van der Waals surface area contributed by atoms with Crippen LogP contribution >= 0.6 is 0 Å². The maximum atomic E-state index is 12.5. The molecule has 2 rings (SSSR count). The largest absolute Gasteiger partial charge is 0.496 e. The Balaban J connectivity index is 2.42. The molecule has 20 heavy (non-hydrogen) atoms. The number of benzene rings is 2. The number of ether oxygens (including phenoxy) is 1. The number of alkyl halides is 3. The molecule has 0 spiro atoms. The molecule has 1 nitrogen and oxygen atoms in total. The van der Waals surface area contributed by atoms with Gasteiger partial charge in [-0.05, 0) is 60.4 Å². The lowest BCUT2D eigenvalue weighted by Gasteiger charge is -2.12. The molecule has 0 aromatic heterocycles. The second-order valence-corrected chi connectivity index (χ2v) is 4.72. The van der Waals surface area contributed by atoms with E-state index in [1.807, 2.05) is 26.0 Å². The third kappa shape index (κ3) is 2.79. The van der Waals surface area contributed by atoms with Gasteiger partial charge in [-0.15, -0.1) is 0 Å². The molecule has 0 amide bonds. The van der Waals surface area contributed by atoms with Gasteiger partial charge in [0.1, 0.15) is 5.75 Å². The average Bonchev–Trinajstić information content (AvgIpc) is 2.37. The lowest BCUT2D eigenvalue weighted by molar-refractivity contribution is -0.137. The molecule has 0 aliphatic rings. The van der Waals surface area contributed by atoms with Crippen LogP contribution in [0.3, 0.4) is 0 Å². The number of halogens is 3. The summed E-state index contributed by atoms with van der Waals surface area (Å²) in [6.07, 6.45) is -4.30. The van der Waals surface area contributed by atoms with Gasteiger partial charge in [-0.3, -0.25) is 0 Å². The summed E-state index contributed by atoms with van der Waals surface area (Å²) >= 11 is 0. The van der Waals surface area contributed by atoms with Gasteiger partial charge in [-0.25, -0.2) is 0 Å². The topological polar surface area (TPSA) is 9.23 Å². The second-order valence-electron chi connectivity index (χ2n) is 4.72. The zero-order valence-corrected chi connectivity index (χ0v) is 11.5.